The van der Waals surface area contributed by atoms with Gasteiger partial charge in [-0.1, -0.05) is 12.8 Å². The van der Waals surface area contributed by atoms with Gasteiger partial charge < -0.3 is 4.74 Å². The topological polar surface area (TPSA) is 38.7 Å². The molecule has 0 fully saturated rings. The van der Waals surface area contributed by atoms with Crippen molar-refractivity contribution in [1.29, 1.82) is 0 Å². The molecule has 0 rings (SSSR count). The van der Waals surface area contributed by atoms with Crippen LogP contribution >= 0.6 is 12.2 Å². The van der Waals surface area contributed by atoms with Crippen molar-refractivity contribution >= 4 is 23.3 Å². The van der Waals surface area contributed by atoms with Crippen LogP contribution in [0, 0.1) is 0 Å². The minimum Gasteiger partial charge on any atom is -0.460 e. The van der Waals surface area contributed by atoms with Gasteiger partial charge in [-0.3, -0.25) is 4.79 Å². The Morgan fingerprint density at radius 3 is 2.44 bits per heavy atom. The molecule has 0 aliphatic rings. The predicted octanol–water partition coefficient (Wildman–Crippen LogP) is 3.38. The largest absolute Gasteiger partial charge is 0.460 e. The Morgan fingerprint density at radius 2 is 1.88 bits per heavy atom. The van der Waals surface area contributed by atoms with Crippen LogP contribution in [0.1, 0.15) is 52.9 Å². The number of unbranched alkanes of at least 4 members (excludes halogenated alkanes) is 3. The van der Waals surface area contributed by atoms with Gasteiger partial charge >= 0.3 is 5.97 Å². The second kappa shape index (κ2) is 8.43. The molecule has 0 spiro atoms. The van der Waals surface area contributed by atoms with Gasteiger partial charge in [0.15, 0.2) is 0 Å². The molecule has 0 amide bonds. The molecule has 16 heavy (non-hydrogen) atoms. The monoisotopic (exact) mass is 243 g/mol. The Labute approximate surface area is 103 Å². The molecular formula is C12H21NO2S. The zero-order valence-corrected chi connectivity index (χ0v) is 11.2. The lowest BCUT2D eigenvalue weighted by Gasteiger charge is -2.19. The average molecular weight is 243 g/mol. The van der Waals surface area contributed by atoms with Gasteiger partial charge in [0.2, 0.25) is 0 Å². The van der Waals surface area contributed by atoms with E-state index in [0.29, 0.717) is 6.42 Å². The molecule has 0 heterocycles. The van der Waals surface area contributed by atoms with Crippen molar-refractivity contribution in [2.24, 2.45) is 4.99 Å². The standard InChI is InChI=1S/C12H21NO2S/c1-12(2,3)15-11(14)8-6-4-5-7-9-13-10-16/h4-9H2,1-3H3. The Balaban J connectivity index is 3.38. The van der Waals surface area contributed by atoms with Gasteiger partial charge in [-0.05, 0) is 45.8 Å². The molecule has 0 N–H and O–H groups in total. The minimum absolute atomic E-state index is 0.107. The first-order valence-electron chi connectivity index (χ1n) is 5.71. The Kier molecular flexibility index (Phi) is 8.04. The summed E-state index contributed by atoms with van der Waals surface area (Å²) in [5.74, 6) is -0.107. The molecule has 4 heteroatoms. The van der Waals surface area contributed by atoms with Gasteiger partial charge in [-0.25, -0.2) is 4.99 Å². The van der Waals surface area contributed by atoms with E-state index in [1.54, 1.807) is 0 Å². The van der Waals surface area contributed by atoms with Crippen LogP contribution in [0.25, 0.3) is 0 Å². The number of hydrogen-bond donors (Lipinski definition) is 0. The third kappa shape index (κ3) is 11.3. The third-order valence-corrected chi connectivity index (χ3v) is 2.01. The van der Waals surface area contributed by atoms with E-state index in [1.165, 1.54) is 0 Å². The molecule has 0 saturated heterocycles. The van der Waals surface area contributed by atoms with Crippen molar-refractivity contribution in [1.82, 2.24) is 0 Å². The number of aliphatic imine (C=N–C) groups is 1. The molecule has 0 aromatic rings. The van der Waals surface area contributed by atoms with Crippen LogP contribution in [0.2, 0.25) is 0 Å². The maximum absolute atomic E-state index is 11.3. The quantitative estimate of drug-likeness (QED) is 0.298. The van der Waals surface area contributed by atoms with Gasteiger partial charge in [0, 0.05) is 13.0 Å². The van der Waals surface area contributed by atoms with Crippen molar-refractivity contribution in [3.05, 3.63) is 0 Å². The Morgan fingerprint density at radius 1 is 1.25 bits per heavy atom. The number of isothiocyanates is 1. The Bertz CT molecular complexity index is 252. The zero-order valence-electron chi connectivity index (χ0n) is 10.4. The summed E-state index contributed by atoms with van der Waals surface area (Å²) in [6.45, 7) is 6.40. The van der Waals surface area contributed by atoms with Crippen molar-refractivity contribution in [3.63, 3.8) is 0 Å². The zero-order chi connectivity index (χ0) is 12.4. The summed E-state index contributed by atoms with van der Waals surface area (Å²) in [6.07, 6.45) is 4.51. The van der Waals surface area contributed by atoms with E-state index in [2.05, 4.69) is 22.4 Å². The van der Waals surface area contributed by atoms with E-state index in [1.807, 2.05) is 20.8 Å². The van der Waals surface area contributed by atoms with Crippen molar-refractivity contribution in [3.8, 4) is 0 Å². The van der Waals surface area contributed by atoms with E-state index in [9.17, 15) is 4.79 Å². The second-order valence-corrected chi connectivity index (χ2v) is 4.91. The van der Waals surface area contributed by atoms with Crippen molar-refractivity contribution in [2.75, 3.05) is 6.54 Å². The van der Waals surface area contributed by atoms with Crippen molar-refractivity contribution in [2.45, 2.75) is 58.5 Å². The van der Waals surface area contributed by atoms with Crippen LogP contribution in [0.5, 0.6) is 0 Å². The van der Waals surface area contributed by atoms with E-state index in [-0.39, 0.29) is 11.6 Å². The molecule has 0 aromatic carbocycles. The molecule has 0 bridgehead atoms. The lowest BCUT2D eigenvalue weighted by atomic mass is 10.1. The van der Waals surface area contributed by atoms with Crippen LogP contribution < -0.4 is 0 Å². The highest BCUT2D eigenvalue weighted by molar-refractivity contribution is 7.78. The number of carbonyl (C=O) groups excluding carboxylic acids is 1. The fourth-order valence-corrected chi connectivity index (χ4v) is 1.34. The van der Waals surface area contributed by atoms with E-state index < -0.39 is 0 Å². The molecule has 0 aromatic heterocycles. The fourth-order valence-electron chi connectivity index (χ4n) is 1.25. The number of esters is 1. The molecule has 0 saturated carbocycles. The van der Waals surface area contributed by atoms with E-state index in [0.717, 1.165) is 32.2 Å². The summed E-state index contributed by atoms with van der Waals surface area (Å²) in [7, 11) is 0. The summed E-state index contributed by atoms with van der Waals surface area (Å²) in [6, 6.07) is 0. The lowest BCUT2D eigenvalue weighted by molar-refractivity contribution is -0.154. The summed E-state index contributed by atoms with van der Waals surface area (Å²) in [5.41, 5.74) is -0.370. The molecule has 92 valence electrons. The highest BCUT2D eigenvalue weighted by Crippen LogP contribution is 2.10. The molecule has 3 nitrogen and oxygen atoms in total. The predicted molar refractivity (Wildman–Crippen MR) is 68.8 cm³/mol. The first-order valence-corrected chi connectivity index (χ1v) is 6.12. The molecular weight excluding hydrogens is 222 g/mol. The average Bonchev–Trinajstić information content (AvgIpc) is 2.13. The highest BCUT2D eigenvalue weighted by Gasteiger charge is 2.15. The van der Waals surface area contributed by atoms with Gasteiger partial charge in [0.05, 0.1) is 5.16 Å². The van der Waals surface area contributed by atoms with E-state index in [4.69, 9.17) is 4.74 Å². The number of hydrogen-bond acceptors (Lipinski definition) is 4. The number of thiocarbonyl (C=S) groups is 1. The van der Waals surface area contributed by atoms with Crippen LogP contribution in [-0.4, -0.2) is 23.3 Å². The summed E-state index contributed by atoms with van der Waals surface area (Å²) < 4.78 is 5.20. The maximum atomic E-state index is 11.3. The molecule has 0 unspecified atom stereocenters. The summed E-state index contributed by atoms with van der Waals surface area (Å²) >= 11 is 4.46. The molecule has 0 aliphatic heterocycles. The molecule has 0 radical (unpaired) electrons. The smallest absolute Gasteiger partial charge is 0.306 e. The fraction of sp³-hybridized carbons (Fsp3) is 0.833. The van der Waals surface area contributed by atoms with Crippen LogP contribution in [0.4, 0.5) is 0 Å². The number of nitrogens with zero attached hydrogens (tertiary/aromatic N) is 1. The number of rotatable bonds is 7. The highest BCUT2D eigenvalue weighted by atomic mass is 32.1. The van der Waals surface area contributed by atoms with Gasteiger partial charge in [0.1, 0.15) is 5.60 Å². The van der Waals surface area contributed by atoms with Gasteiger partial charge in [-0.15, -0.1) is 0 Å². The second-order valence-electron chi connectivity index (χ2n) is 4.72. The normalized spacial score (nSPS) is 10.7. The van der Waals surface area contributed by atoms with Gasteiger partial charge in [0.25, 0.3) is 0 Å². The number of ether oxygens (including phenoxy) is 1. The molecule has 0 atom stereocenters. The maximum Gasteiger partial charge on any atom is 0.306 e. The summed E-state index contributed by atoms with van der Waals surface area (Å²) in [4.78, 5) is 15.2. The van der Waals surface area contributed by atoms with Crippen LogP contribution in [0.3, 0.4) is 0 Å². The first-order chi connectivity index (χ1) is 7.45. The minimum atomic E-state index is -0.370. The van der Waals surface area contributed by atoms with Gasteiger partial charge in [-0.2, -0.15) is 0 Å². The van der Waals surface area contributed by atoms with E-state index >= 15 is 0 Å². The SMILES string of the molecule is CC(C)(C)OC(=O)CCCCCCN=C=S. The van der Waals surface area contributed by atoms with Crippen LogP contribution in [0.15, 0.2) is 4.99 Å². The molecule has 0 aliphatic carbocycles. The summed E-state index contributed by atoms with van der Waals surface area (Å²) in [5, 5.41) is 2.34. The van der Waals surface area contributed by atoms with Crippen molar-refractivity contribution < 1.29 is 9.53 Å². The van der Waals surface area contributed by atoms with Crippen LogP contribution in [-0.2, 0) is 9.53 Å². The number of carbonyl (C=O) groups is 1. The first kappa shape index (κ1) is 15.3. The third-order valence-electron chi connectivity index (χ3n) is 1.89. The lowest BCUT2D eigenvalue weighted by Crippen LogP contribution is -2.23. The Hall–Kier alpha value is -0.730.